The summed E-state index contributed by atoms with van der Waals surface area (Å²) in [6, 6.07) is 39.1. The fourth-order valence-electron chi connectivity index (χ4n) is 6.53. The zero-order valence-electron chi connectivity index (χ0n) is 21.6. The molecular weight excluding hydrogens is 514 g/mol. The van der Waals surface area contributed by atoms with Crippen LogP contribution >= 0.6 is 11.8 Å². The van der Waals surface area contributed by atoms with Gasteiger partial charge in [0, 0.05) is 44.9 Å². The number of carbonyl (C=O) groups is 2. The Labute approximate surface area is 236 Å². The molecule has 0 bridgehead atoms. The topological polar surface area (TPSA) is 52.7 Å². The Morgan fingerprint density at radius 1 is 0.600 bits per heavy atom. The number of hydrogen-bond donors (Lipinski definition) is 1. The average molecular weight is 538 g/mol. The number of imide groups is 1. The Kier molecular flexibility index (Phi) is 4.82. The van der Waals surface area contributed by atoms with E-state index in [2.05, 4.69) is 83.0 Å². The molecule has 0 radical (unpaired) electrons. The second-order valence-electron chi connectivity index (χ2n) is 10.2. The van der Waals surface area contributed by atoms with Crippen LogP contribution in [0.4, 0.5) is 22.7 Å². The van der Waals surface area contributed by atoms with Gasteiger partial charge in [0.05, 0.1) is 22.5 Å². The molecule has 6 heteroatoms. The maximum Gasteiger partial charge on any atom is 0.261 e. The predicted octanol–water partition coefficient (Wildman–Crippen LogP) is 7.56. The summed E-state index contributed by atoms with van der Waals surface area (Å²) in [5, 5.41) is 3.65. The molecule has 1 N–H and O–H groups in total. The third-order valence-electron chi connectivity index (χ3n) is 8.18. The van der Waals surface area contributed by atoms with Crippen molar-refractivity contribution in [3.05, 3.63) is 143 Å². The van der Waals surface area contributed by atoms with Crippen molar-refractivity contribution in [1.82, 2.24) is 4.90 Å². The molecule has 0 unspecified atom stereocenters. The van der Waals surface area contributed by atoms with Crippen LogP contribution in [-0.2, 0) is 5.54 Å². The van der Waals surface area contributed by atoms with Gasteiger partial charge in [-0.1, -0.05) is 84.6 Å². The largest absolute Gasteiger partial charge is 0.355 e. The summed E-state index contributed by atoms with van der Waals surface area (Å²) in [4.78, 5) is 33.0. The second-order valence-corrected chi connectivity index (χ2v) is 11.3. The maximum atomic E-state index is 13.9. The van der Waals surface area contributed by atoms with Gasteiger partial charge in [-0.3, -0.25) is 14.5 Å². The number of carbonyl (C=O) groups excluding carboxylic acids is 2. The van der Waals surface area contributed by atoms with Crippen molar-refractivity contribution < 1.29 is 9.59 Å². The highest BCUT2D eigenvalue weighted by molar-refractivity contribution is 7.99. The van der Waals surface area contributed by atoms with Crippen molar-refractivity contribution in [2.24, 2.45) is 0 Å². The van der Waals surface area contributed by atoms with Crippen molar-refractivity contribution >= 4 is 46.3 Å². The van der Waals surface area contributed by atoms with E-state index in [0.717, 1.165) is 49.2 Å². The average Bonchev–Trinajstić information content (AvgIpc) is 3.22. The molecule has 0 aliphatic carbocycles. The van der Waals surface area contributed by atoms with E-state index in [0.29, 0.717) is 11.1 Å². The zero-order chi connectivity index (χ0) is 27.0. The van der Waals surface area contributed by atoms with Gasteiger partial charge >= 0.3 is 0 Å². The Morgan fingerprint density at radius 2 is 1.12 bits per heavy atom. The molecule has 0 spiro atoms. The van der Waals surface area contributed by atoms with Gasteiger partial charge in [-0.05, 0) is 42.5 Å². The van der Waals surface area contributed by atoms with Gasteiger partial charge in [0.25, 0.3) is 11.8 Å². The number of anilines is 4. The molecule has 2 amide bonds. The van der Waals surface area contributed by atoms with Crippen LogP contribution in [0.15, 0.2) is 125 Å². The van der Waals surface area contributed by atoms with E-state index in [4.69, 9.17) is 0 Å². The quantitative estimate of drug-likeness (QED) is 0.236. The van der Waals surface area contributed by atoms with Crippen LogP contribution in [0, 0.1) is 0 Å². The lowest BCUT2D eigenvalue weighted by molar-refractivity contribution is 0.0692. The van der Waals surface area contributed by atoms with Crippen LogP contribution in [0.1, 0.15) is 37.4 Å². The van der Waals surface area contributed by atoms with Crippen LogP contribution in [0.3, 0.4) is 0 Å². The van der Waals surface area contributed by atoms with Gasteiger partial charge in [-0.25, -0.2) is 0 Å². The number of hydrogen-bond acceptors (Lipinski definition) is 5. The molecule has 5 nitrogen and oxygen atoms in total. The first-order chi connectivity index (χ1) is 19.6. The van der Waals surface area contributed by atoms with Gasteiger partial charge in [0.2, 0.25) is 0 Å². The van der Waals surface area contributed by atoms with Crippen molar-refractivity contribution in [2.45, 2.75) is 15.3 Å². The van der Waals surface area contributed by atoms with E-state index < -0.39 is 5.54 Å². The highest BCUT2D eigenvalue weighted by atomic mass is 32.2. The number of nitrogens with zero attached hydrogens (tertiary/aromatic N) is 2. The monoisotopic (exact) mass is 537 g/mol. The molecule has 3 aliphatic rings. The summed E-state index contributed by atoms with van der Waals surface area (Å²) in [6.07, 6.45) is 0. The second kappa shape index (κ2) is 8.34. The minimum Gasteiger partial charge on any atom is -0.355 e. The molecule has 5 aromatic rings. The summed E-state index contributed by atoms with van der Waals surface area (Å²) in [5.41, 5.74) is 6.71. The van der Waals surface area contributed by atoms with Crippen LogP contribution in [0.5, 0.6) is 0 Å². The van der Waals surface area contributed by atoms with Gasteiger partial charge in [0.1, 0.15) is 5.54 Å². The fraction of sp³-hybridized carbons (Fsp3) is 0.0588. The van der Waals surface area contributed by atoms with Gasteiger partial charge in [-0.2, -0.15) is 0 Å². The van der Waals surface area contributed by atoms with E-state index in [-0.39, 0.29) is 11.8 Å². The van der Waals surface area contributed by atoms with Crippen molar-refractivity contribution in [2.75, 3.05) is 17.3 Å². The molecule has 0 fully saturated rings. The lowest BCUT2D eigenvalue weighted by Crippen LogP contribution is -2.49. The number of fused-ring (bicyclic) bond motifs is 5. The van der Waals surface area contributed by atoms with Crippen molar-refractivity contribution in [3.8, 4) is 0 Å². The summed E-state index contributed by atoms with van der Waals surface area (Å²) in [5.74, 6) is -0.557. The maximum absolute atomic E-state index is 13.9. The molecule has 3 heterocycles. The summed E-state index contributed by atoms with van der Waals surface area (Å²) in [6.45, 7) is 0. The minimum atomic E-state index is -0.974. The lowest BCUT2D eigenvalue weighted by atomic mass is 9.70. The number of benzene rings is 5. The van der Waals surface area contributed by atoms with E-state index in [9.17, 15) is 9.59 Å². The molecule has 3 aliphatic heterocycles. The van der Waals surface area contributed by atoms with Crippen molar-refractivity contribution in [1.29, 1.82) is 0 Å². The van der Waals surface area contributed by atoms with Crippen LogP contribution in [0.2, 0.25) is 0 Å². The minimum absolute atomic E-state index is 0.275. The Balaban J connectivity index is 1.61. The van der Waals surface area contributed by atoms with Crippen LogP contribution < -0.4 is 10.2 Å². The SMILES string of the molecule is CN1C(=O)c2cccc(C3(N4c5ccccc5Sc5ccccc54)c4ccccc4Nc4ccccc43)c2C1=O. The predicted molar refractivity (Wildman–Crippen MR) is 158 cm³/mol. The molecule has 5 aromatic carbocycles. The summed E-state index contributed by atoms with van der Waals surface area (Å²) in [7, 11) is 1.56. The normalized spacial score (nSPS) is 15.9. The molecule has 40 heavy (non-hydrogen) atoms. The summed E-state index contributed by atoms with van der Waals surface area (Å²) >= 11 is 1.75. The van der Waals surface area contributed by atoms with Crippen LogP contribution in [-0.4, -0.2) is 23.8 Å². The number of amides is 2. The molecule has 8 rings (SSSR count). The molecule has 0 aromatic heterocycles. The molecule has 0 saturated carbocycles. The Hall–Kier alpha value is -4.81. The standard InChI is InChI=1S/C34H23N3O2S/c1-36-32(38)21-11-10-14-24(31(21)33(36)39)34(22-12-2-4-15-25(22)35-26-16-5-3-13-23(26)34)37-27-17-6-8-19-29(27)40-30-20-9-7-18-28(30)37/h2-20,35H,1H3. The van der Waals surface area contributed by atoms with E-state index in [1.807, 2.05) is 36.4 Å². The van der Waals surface area contributed by atoms with E-state index in [1.165, 1.54) is 4.90 Å². The number of rotatable bonds is 2. The third-order valence-corrected chi connectivity index (χ3v) is 9.31. The molecule has 0 saturated heterocycles. The highest BCUT2D eigenvalue weighted by Crippen LogP contribution is 2.61. The molecular formula is C34H23N3O2S. The fourth-order valence-corrected chi connectivity index (χ4v) is 7.58. The third kappa shape index (κ3) is 2.88. The molecule has 192 valence electrons. The lowest BCUT2D eigenvalue weighted by Gasteiger charge is -2.52. The van der Waals surface area contributed by atoms with E-state index >= 15 is 0 Å². The smallest absolute Gasteiger partial charge is 0.261 e. The van der Waals surface area contributed by atoms with Gasteiger partial charge < -0.3 is 10.2 Å². The van der Waals surface area contributed by atoms with Gasteiger partial charge in [0.15, 0.2) is 0 Å². The first-order valence-electron chi connectivity index (χ1n) is 13.2. The number of nitrogens with one attached hydrogen (secondary N) is 1. The van der Waals surface area contributed by atoms with Crippen molar-refractivity contribution in [3.63, 3.8) is 0 Å². The molecule has 0 atom stereocenters. The Morgan fingerprint density at radius 3 is 1.75 bits per heavy atom. The Bertz CT molecular complexity index is 1810. The highest BCUT2D eigenvalue weighted by Gasteiger charge is 2.53. The van der Waals surface area contributed by atoms with Gasteiger partial charge in [-0.15, -0.1) is 0 Å². The first-order valence-corrected chi connectivity index (χ1v) is 14.0. The zero-order valence-corrected chi connectivity index (χ0v) is 22.4. The van der Waals surface area contributed by atoms with Crippen LogP contribution in [0.25, 0.3) is 0 Å². The number of para-hydroxylation sites is 4. The van der Waals surface area contributed by atoms with E-state index in [1.54, 1.807) is 24.9 Å². The summed E-state index contributed by atoms with van der Waals surface area (Å²) < 4.78 is 0. The first kappa shape index (κ1) is 23.1.